The van der Waals surface area contributed by atoms with Gasteiger partial charge in [0.05, 0.1) is 0 Å². The van der Waals surface area contributed by atoms with E-state index in [-0.39, 0.29) is 0 Å². The number of fused-ring (bicyclic) bond motifs is 1. The molecule has 1 fully saturated rings. The van der Waals surface area contributed by atoms with Crippen LogP contribution in [-0.2, 0) is 0 Å². The summed E-state index contributed by atoms with van der Waals surface area (Å²) < 4.78 is 0. The summed E-state index contributed by atoms with van der Waals surface area (Å²) in [6.45, 7) is 2.35. The van der Waals surface area contributed by atoms with Crippen molar-refractivity contribution in [2.24, 2.45) is 11.8 Å². The average molecular weight is 148 g/mol. The lowest BCUT2D eigenvalue weighted by Crippen LogP contribution is -2.18. The molecule has 0 radical (unpaired) electrons. The average Bonchev–Trinajstić information content (AvgIpc) is 2.06. The SMILES string of the molecule is CC1C=CC=C2CCCCC21. The van der Waals surface area contributed by atoms with E-state index < -0.39 is 0 Å². The molecule has 0 spiro atoms. The highest BCUT2D eigenvalue weighted by molar-refractivity contribution is 5.23. The van der Waals surface area contributed by atoms with Crippen molar-refractivity contribution in [1.82, 2.24) is 0 Å². The van der Waals surface area contributed by atoms with Gasteiger partial charge in [-0.05, 0) is 31.1 Å². The van der Waals surface area contributed by atoms with Gasteiger partial charge in [0.15, 0.2) is 0 Å². The van der Waals surface area contributed by atoms with Gasteiger partial charge in [-0.1, -0.05) is 37.1 Å². The fraction of sp³-hybridized carbons (Fsp3) is 0.636. The summed E-state index contributed by atoms with van der Waals surface area (Å²) in [5, 5.41) is 0. The quantitative estimate of drug-likeness (QED) is 0.494. The van der Waals surface area contributed by atoms with Gasteiger partial charge in [-0.25, -0.2) is 0 Å². The molecule has 0 amide bonds. The Bertz CT molecular complexity index is 198. The second-order valence-electron chi connectivity index (χ2n) is 3.84. The monoisotopic (exact) mass is 148 g/mol. The molecule has 2 unspecified atom stereocenters. The van der Waals surface area contributed by atoms with Crippen LogP contribution >= 0.6 is 0 Å². The number of allylic oxidation sites excluding steroid dienone is 4. The molecule has 0 N–H and O–H groups in total. The predicted molar refractivity (Wildman–Crippen MR) is 48.3 cm³/mol. The summed E-state index contributed by atoms with van der Waals surface area (Å²) in [6.07, 6.45) is 12.6. The fourth-order valence-corrected chi connectivity index (χ4v) is 2.36. The van der Waals surface area contributed by atoms with E-state index in [2.05, 4.69) is 25.2 Å². The van der Waals surface area contributed by atoms with Gasteiger partial charge in [0.25, 0.3) is 0 Å². The summed E-state index contributed by atoms with van der Waals surface area (Å²) in [5.41, 5.74) is 1.71. The van der Waals surface area contributed by atoms with Crippen LogP contribution in [0.5, 0.6) is 0 Å². The third kappa shape index (κ3) is 1.26. The highest BCUT2D eigenvalue weighted by Gasteiger charge is 2.23. The maximum atomic E-state index is 2.35. The minimum Gasteiger partial charge on any atom is -0.0811 e. The summed E-state index contributed by atoms with van der Waals surface area (Å²) in [6, 6.07) is 0. The molecule has 2 aliphatic rings. The molecule has 11 heavy (non-hydrogen) atoms. The van der Waals surface area contributed by atoms with E-state index in [1.165, 1.54) is 25.7 Å². The van der Waals surface area contributed by atoms with Crippen molar-refractivity contribution < 1.29 is 0 Å². The molecule has 0 nitrogen and oxygen atoms in total. The molecule has 0 aromatic heterocycles. The molecule has 0 heteroatoms. The smallest absolute Gasteiger partial charge is 0.0140 e. The Kier molecular flexibility index (Phi) is 1.85. The Hall–Kier alpha value is -0.520. The topological polar surface area (TPSA) is 0 Å². The van der Waals surface area contributed by atoms with Crippen LogP contribution in [0, 0.1) is 11.8 Å². The molecular weight excluding hydrogens is 132 g/mol. The molecule has 2 atom stereocenters. The van der Waals surface area contributed by atoms with E-state index in [4.69, 9.17) is 0 Å². The van der Waals surface area contributed by atoms with Crippen LogP contribution in [-0.4, -0.2) is 0 Å². The van der Waals surface area contributed by atoms with Crippen LogP contribution in [0.4, 0.5) is 0 Å². The fourth-order valence-electron chi connectivity index (χ4n) is 2.36. The maximum absolute atomic E-state index is 2.35. The Morgan fingerprint density at radius 1 is 1.36 bits per heavy atom. The van der Waals surface area contributed by atoms with E-state index in [1.807, 2.05) is 0 Å². The molecule has 2 rings (SSSR count). The predicted octanol–water partition coefficient (Wildman–Crippen LogP) is 3.31. The minimum absolute atomic E-state index is 0.801. The van der Waals surface area contributed by atoms with Crippen molar-refractivity contribution in [3.8, 4) is 0 Å². The van der Waals surface area contributed by atoms with Crippen LogP contribution in [0.25, 0.3) is 0 Å². The van der Waals surface area contributed by atoms with Crippen molar-refractivity contribution in [1.29, 1.82) is 0 Å². The van der Waals surface area contributed by atoms with Crippen LogP contribution < -0.4 is 0 Å². The van der Waals surface area contributed by atoms with Gasteiger partial charge < -0.3 is 0 Å². The third-order valence-electron chi connectivity index (χ3n) is 3.07. The lowest BCUT2D eigenvalue weighted by Gasteiger charge is -2.31. The summed E-state index contributed by atoms with van der Waals surface area (Å²) in [5.74, 6) is 1.70. The Morgan fingerprint density at radius 3 is 3.09 bits per heavy atom. The van der Waals surface area contributed by atoms with Crippen LogP contribution in [0.1, 0.15) is 32.6 Å². The van der Waals surface area contributed by atoms with Crippen LogP contribution in [0.3, 0.4) is 0 Å². The van der Waals surface area contributed by atoms with E-state index in [1.54, 1.807) is 5.57 Å². The first-order chi connectivity index (χ1) is 5.38. The summed E-state index contributed by atoms with van der Waals surface area (Å²) >= 11 is 0. The zero-order chi connectivity index (χ0) is 7.68. The second-order valence-corrected chi connectivity index (χ2v) is 3.84. The Labute approximate surface area is 69.0 Å². The van der Waals surface area contributed by atoms with Crippen molar-refractivity contribution in [2.45, 2.75) is 32.6 Å². The Balaban J connectivity index is 2.18. The van der Waals surface area contributed by atoms with Gasteiger partial charge >= 0.3 is 0 Å². The first-order valence-electron chi connectivity index (χ1n) is 4.75. The van der Waals surface area contributed by atoms with Crippen LogP contribution in [0.2, 0.25) is 0 Å². The zero-order valence-corrected chi connectivity index (χ0v) is 7.22. The first kappa shape index (κ1) is 7.15. The second kappa shape index (κ2) is 2.84. The lowest BCUT2D eigenvalue weighted by molar-refractivity contribution is 0.378. The third-order valence-corrected chi connectivity index (χ3v) is 3.07. The normalized spacial score (nSPS) is 36.3. The molecule has 0 aliphatic heterocycles. The molecule has 0 saturated heterocycles. The first-order valence-corrected chi connectivity index (χ1v) is 4.75. The summed E-state index contributed by atoms with van der Waals surface area (Å²) in [4.78, 5) is 0. The van der Waals surface area contributed by atoms with Gasteiger partial charge in [0.1, 0.15) is 0 Å². The van der Waals surface area contributed by atoms with Gasteiger partial charge in [0.2, 0.25) is 0 Å². The number of hydrogen-bond donors (Lipinski definition) is 0. The van der Waals surface area contributed by atoms with E-state index in [9.17, 15) is 0 Å². The molecule has 0 bridgehead atoms. The molecule has 0 aromatic rings. The van der Waals surface area contributed by atoms with Crippen molar-refractivity contribution in [3.63, 3.8) is 0 Å². The van der Waals surface area contributed by atoms with E-state index in [0.717, 1.165) is 11.8 Å². The standard InChI is InChI=1S/C11H16/c1-9-5-4-7-10-6-2-3-8-11(9)10/h4-5,7,9,11H,2-3,6,8H2,1H3. The number of rotatable bonds is 0. The molecule has 0 aromatic carbocycles. The number of hydrogen-bond acceptors (Lipinski definition) is 0. The lowest BCUT2D eigenvalue weighted by atomic mass is 9.75. The van der Waals surface area contributed by atoms with E-state index >= 15 is 0 Å². The molecule has 0 heterocycles. The van der Waals surface area contributed by atoms with E-state index in [0.29, 0.717) is 0 Å². The zero-order valence-electron chi connectivity index (χ0n) is 7.22. The van der Waals surface area contributed by atoms with Gasteiger partial charge in [-0.15, -0.1) is 0 Å². The Morgan fingerprint density at radius 2 is 2.27 bits per heavy atom. The maximum Gasteiger partial charge on any atom is -0.0140 e. The van der Waals surface area contributed by atoms with Crippen molar-refractivity contribution in [3.05, 3.63) is 23.8 Å². The van der Waals surface area contributed by atoms with Crippen molar-refractivity contribution >= 4 is 0 Å². The molecule has 2 aliphatic carbocycles. The van der Waals surface area contributed by atoms with Crippen molar-refractivity contribution in [2.75, 3.05) is 0 Å². The van der Waals surface area contributed by atoms with Crippen LogP contribution in [0.15, 0.2) is 23.8 Å². The van der Waals surface area contributed by atoms with Gasteiger partial charge in [0, 0.05) is 0 Å². The highest BCUT2D eigenvalue weighted by Crippen LogP contribution is 2.37. The minimum atomic E-state index is 0.801. The molecular formula is C11H16. The largest absolute Gasteiger partial charge is 0.0811 e. The van der Waals surface area contributed by atoms with Gasteiger partial charge in [-0.3, -0.25) is 0 Å². The molecule has 1 saturated carbocycles. The molecule has 60 valence electrons. The summed E-state index contributed by atoms with van der Waals surface area (Å²) in [7, 11) is 0. The van der Waals surface area contributed by atoms with Gasteiger partial charge in [-0.2, -0.15) is 0 Å². The highest BCUT2D eigenvalue weighted by atomic mass is 14.3.